The Morgan fingerprint density at radius 2 is 1.77 bits per heavy atom. The number of aromatic nitrogens is 1. The van der Waals surface area contributed by atoms with Crippen molar-refractivity contribution in [2.45, 2.75) is 82.6 Å². The first-order valence-corrected chi connectivity index (χ1v) is 16.3. The van der Waals surface area contributed by atoms with Gasteiger partial charge in [-0.05, 0) is 80.3 Å². The summed E-state index contributed by atoms with van der Waals surface area (Å²) in [6, 6.07) is 13.6. The van der Waals surface area contributed by atoms with Crippen molar-refractivity contribution in [1.29, 1.82) is 0 Å². The van der Waals surface area contributed by atoms with E-state index in [1.165, 1.54) is 5.57 Å². The van der Waals surface area contributed by atoms with E-state index < -0.39 is 0 Å². The van der Waals surface area contributed by atoms with E-state index in [1.54, 1.807) is 6.92 Å². The molecule has 0 radical (unpaired) electrons. The minimum absolute atomic E-state index is 0.0317. The highest BCUT2D eigenvalue weighted by Crippen LogP contribution is 2.46. The zero-order valence-corrected chi connectivity index (χ0v) is 26.2. The average molecular weight is 636 g/mol. The van der Waals surface area contributed by atoms with Crippen molar-refractivity contribution in [3.05, 3.63) is 75.5 Å². The summed E-state index contributed by atoms with van der Waals surface area (Å²) in [5.74, 6) is 1.33. The molecule has 3 aliphatic heterocycles. The quantitative estimate of drug-likeness (QED) is 0.285. The van der Waals surface area contributed by atoms with Gasteiger partial charge in [-0.1, -0.05) is 52.6 Å². The molecule has 2 aromatic carbocycles. The van der Waals surface area contributed by atoms with Gasteiger partial charge in [0.2, 0.25) is 5.91 Å². The average Bonchev–Trinajstić information content (AvgIpc) is 3.72. The van der Waals surface area contributed by atoms with Crippen molar-refractivity contribution in [2.24, 2.45) is 0 Å². The van der Waals surface area contributed by atoms with Crippen LogP contribution in [0.1, 0.15) is 74.7 Å². The van der Waals surface area contributed by atoms with Gasteiger partial charge in [0.15, 0.2) is 0 Å². The van der Waals surface area contributed by atoms with Crippen molar-refractivity contribution < 1.29 is 18.8 Å². The van der Waals surface area contributed by atoms with Gasteiger partial charge in [0.05, 0.1) is 22.8 Å². The zero-order chi connectivity index (χ0) is 30.4. The second kappa shape index (κ2) is 12.2. The molecule has 7 rings (SSSR count). The summed E-state index contributed by atoms with van der Waals surface area (Å²) in [5.41, 5.74) is 5.33. The lowest BCUT2D eigenvalue weighted by atomic mass is 9.98. The Hall–Kier alpha value is -3.33. The number of ether oxygens (including phenoxy) is 1. The van der Waals surface area contributed by atoms with E-state index in [4.69, 9.17) is 32.5 Å². The number of anilines is 1. The Morgan fingerprint density at radius 3 is 2.43 bits per heavy atom. The van der Waals surface area contributed by atoms with Crippen LogP contribution in [0.15, 0.2) is 53.1 Å². The van der Waals surface area contributed by atoms with Crippen LogP contribution in [0.2, 0.25) is 10.0 Å². The van der Waals surface area contributed by atoms with Gasteiger partial charge in [0, 0.05) is 54.8 Å². The molecule has 10 heteroatoms. The number of piperidine rings is 1. The van der Waals surface area contributed by atoms with Gasteiger partial charge in [-0.2, -0.15) is 0 Å². The van der Waals surface area contributed by atoms with Crippen molar-refractivity contribution in [3.63, 3.8) is 0 Å². The molecule has 2 saturated heterocycles. The molecular formula is C34H36Cl2N4O4. The van der Waals surface area contributed by atoms with Crippen LogP contribution in [0.4, 0.5) is 10.5 Å². The fraction of sp³-hybridized carbons (Fsp3) is 0.441. The molecule has 1 N–H and O–H groups in total. The van der Waals surface area contributed by atoms with Gasteiger partial charge in [-0.3, -0.25) is 4.79 Å². The minimum Gasteiger partial charge on any atom is -0.373 e. The molecule has 230 valence electrons. The fourth-order valence-corrected chi connectivity index (χ4v) is 7.62. The van der Waals surface area contributed by atoms with E-state index in [0.29, 0.717) is 46.9 Å². The van der Waals surface area contributed by atoms with Crippen LogP contribution in [0.3, 0.4) is 0 Å². The summed E-state index contributed by atoms with van der Waals surface area (Å²) in [4.78, 5) is 29.1. The highest BCUT2D eigenvalue weighted by atomic mass is 35.5. The third-order valence-corrected chi connectivity index (χ3v) is 10.1. The van der Waals surface area contributed by atoms with Crippen LogP contribution in [-0.4, -0.2) is 58.2 Å². The largest absolute Gasteiger partial charge is 0.373 e. The standard InChI is InChI=1S/C34H36Cl2N4O4/c1-20(41)39-14-12-21(13-15-39)23-4-2-5-24(16-23)37-34(42)40-25-10-11-26(40)18-27(17-25)43-19-28-32(38-44-33(28)22-8-9-22)31-29(35)6-3-7-30(31)36/h2-7,12,16,22,25-27H,8-11,13-15,17-19H2,1H3,(H,37,42)/t25-,26?,27?/m0/s1. The van der Waals surface area contributed by atoms with Crippen LogP contribution in [0.5, 0.6) is 0 Å². The van der Waals surface area contributed by atoms with Gasteiger partial charge in [-0.15, -0.1) is 0 Å². The molecule has 3 aromatic rings. The van der Waals surface area contributed by atoms with Crippen LogP contribution >= 0.6 is 23.2 Å². The molecule has 2 bridgehead atoms. The van der Waals surface area contributed by atoms with Gasteiger partial charge in [-0.25, -0.2) is 4.79 Å². The third kappa shape index (κ3) is 5.87. The Bertz CT molecular complexity index is 1580. The van der Waals surface area contributed by atoms with Crippen LogP contribution in [0.25, 0.3) is 16.8 Å². The highest BCUT2D eigenvalue weighted by Gasteiger charge is 2.44. The Balaban J connectivity index is 1.00. The summed E-state index contributed by atoms with van der Waals surface area (Å²) in [6.45, 7) is 3.31. The van der Waals surface area contributed by atoms with Crippen molar-refractivity contribution in [3.8, 4) is 11.3 Å². The molecule has 4 aliphatic rings. The normalized spacial score (nSPS) is 23.1. The first-order chi connectivity index (χ1) is 21.4. The lowest BCUT2D eigenvalue weighted by molar-refractivity contribution is -0.128. The molecule has 8 nitrogen and oxygen atoms in total. The monoisotopic (exact) mass is 634 g/mol. The van der Waals surface area contributed by atoms with Gasteiger partial charge in [0.1, 0.15) is 11.5 Å². The second-order valence-electron chi connectivity index (χ2n) is 12.4. The summed E-state index contributed by atoms with van der Waals surface area (Å²) < 4.78 is 12.4. The molecule has 3 atom stereocenters. The maximum Gasteiger partial charge on any atom is 0.322 e. The molecule has 1 aromatic heterocycles. The van der Waals surface area contributed by atoms with E-state index in [0.717, 1.165) is 67.5 Å². The van der Waals surface area contributed by atoms with Crippen molar-refractivity contribution in [2.75, 3.05) is 18.4 Å². The number of hydrogen-bond donors (Lipinski definition) is 1. The number of carbonyl (C=O) groups is 2. The number of benzene rings is 2. The lowest BCUT2D eigenvalue weighted by Crippen LogP contribution is -2.50. The molecule has 44 heavy (non-hydrogen) atoms. The molecule has 0 spiro atoms. The van der Waals surface area contributed by atoms with E-state index in [2.05, 4.69) is 22.6 Å². The fourth-order valence-electron chi connectivity index (χ4n) is 7.05. The van der Waals surface area contributed by atoms with Gasteiger partial charge >= 0.3 is 6.03 Å². The molecule has 3 fully saturated rings. The molecule has 2 unspecified atom stereocenters. The smallest absolute Gasteiger partial charge is 0.322 e. The molecule has 4 heterocycles. The van der Waals surface area contributed by atoms with Crippen molar-refractivity contribution >= 4 is 46.4 Å². The van der Waals surface area contributed by atoms with E-state index in [1.807, 2.05) is 46.2 Å². The van der Waals surface area contributed by atoms with Gasteiger partial charge < -0.3 is 24.4 Å². The predicted octanol–water partition coefficient (Wildman–Crippen LogP) is 7.91. The van der Waals surface area contributed by atoms with E-state index >= 15 is 0 Å². The van der Waals surface area contributed by atoms with Gasteiger partial charge in [0.25, 0.3) is 0 Å². The molecular weight excluding hydrogens is 599 g/mol. The number of nitrogens with zero attached hydrogens (tertiary/aromatic N) is 3. The zero-order valence-electron chi connectivity index (χ0n) is 24.7. The number of urea groups is 1. The summed E-state index contributed by atoms with van der Waals surface area (Å²) in [7, 11) is 0. The number of halogens is 2. The Morgan fingerprint density at radius 1 is 1.05 bits per heavy atom. The SMILES string of the molecule is CC(=O)N1CC=C(c2cccc(NC(=O)N3C4CC[C@H]3CC(OCc3c(-c5c(Cl)cccc5Cl)noc3C3CC3)C4)c2)CC1. The minimum atomic E-state index is -0.0563. The summed E-state index contributed by atoms with van der Waals surface area (Å²) in [5, 5.41) is 8.62. The maximum absolute atomic E-state index is 13.5. The summed E-state index contributed by atoms with van der Waals surface area (Å²) in [6.07, 6.45) is 8.62. The van der Waals surface area contributed by atoms with E-state index in [-0.39, 0.29) is 30.1 Å². The van der Waals surface area contributed by atoms with Crippen LogP contribution < -0.4 is 5.32 Å². The molecule has 3 amide bonds. The lowest BCUT2D eigenvalue weighted by Gasteiger charge is -2.38. The summed E-state index contributed by atoms with van der Waals surface area (Å²) >= 11 is 13.1. The number of nitrogens with one attached hydrogen (secondary N) is 1. The number of amides is 3. The van der Waals surface area contributed by atoms with Crippen LogP contribution in [-0.2, 0) is 16.1 Å². The number of fused-ring (bicyclic) bond motifs is 2. The second-order valence-corrected chi connectivity index (χ2v) is 13.2. The molecule has 1 aliphatic carbocycles. The number of carbonyl (C=O) groups excluding carboxylic acids is 2. The third-order valence-electron chi connectivity index (χ3n) is 9.49. The topological polar surface area (TPSA) is 87.9 Å². The van der Waals surface area contributed by atoms with E-state index in [9.17, 15) is 9.59 Å². The Kier molecular flexibility index (Phi) is 8.16. The predicted molar refractivity (Wildman–Crippen MR) is 171 cm³/mol. The number of rotatable bonds is 7. The first kappa shape index (κ1) is 29.4. The maximum atomic E-state index is 13.5. The first-order valence-electron chi connectivity index (χ1n) is 15.5. The van der Waals surface area contributed by atoms with Crippen LogP contribution in [0, 0.1) is 0 Å². The number of hydrogen-bond acceptors (Lipinski definition) is 5. The van der Waals surface area contributed by atoms with Crippen molar-refractivity contribution in [1.82, 2.24) is 15.0 Å². The molecule has 1 saturated carbocycles. The highest BCUT2D eigenvalue weighted by molar-refractivity contribution is 6.39. The Labute approximate surface area is 267 Å².